The molecule has 17 heavy (non-hydrogen) atoms. The van der Waals surface area contributed by atoms with Gasteiger partial charge in [0.15, 0.2) is 0 Å². The number of aliphatic carboxylic acids is 1. The smallest absolute Gasteiger partial charge is 0.329 e. The lowest BCUT2D eigenvalue weighted by atomic mass is 10.0. The summed E-state index contributed by atoms with van der Waals surface area (Å²) in [7, 11) is 1.48. The maximum Gasteiger partial charge on any atom is 0.329 e. The van der Waals surface area contributed by atoms with Gasteiger partial charge in [-0.05, 0) is 32.9 Å². The van der Waals surface area contributed by atoms with Crippen LogP contribution < -0.4 is 0 Å². The fourth-order valence-corrected chi connectivity index (χ4v) is 1.29. The number of likely N-dealkylation sites (N-methyl/N-ethyl adjacent to an activating group) is 1. The standard InChI is InChI=1S/C12H16N2O3/c1-8-9(6-5-7-13-8)10(15)14(4)12(2,3)11(16)17/h5-7H,1-4H3,(H,16,17). The van der Waals surface area contributed by atoms with Gasteiger partial charge in [-0.1, -0.05) is 0 Å². The molecule has 0 unspecified atom stereocenters. The Kier molecular flexibility index (Phi) is 3.50. The molecule has 0 saturated heterocycles. The van der Waals surface area contributed by atoms with Crippen molar-refractivity contribution < 1.29 is 14.7 Å². The van der Waals surface area contributed by atoms with Crippen molar-refractivity contribution in [3.05, 3.63) is 29.6 Å². The molecule has 0 fully saturated rings. The molecule has 1 N–H and O–H groups in total. The summed E-state index contributed by atoms with van der Waals surface area (Å²) in [5.74, 6) is -1.39. The van der Waals surface area contributed by atoms with Crippen LogP contribution in [0.15, 0.2) is 18.3 Å². The Balaban J connectivity index is 3.07. The van der Waals surface area contributed by atoms with Gasteiger partial charge in [0.05, 0.1) is 5.56 Å². The first-order chi connectivity index (χ1) is 7.78. The molecule has 1 aromatic heterocycles. The lowest BCUT2D eigenvalue weighted by Crippen LogP contribution is -2.50. The van der Waals surface area contributed by atoms with Crippen LogP contribution in [0.4, 0.5) is 0 Å². The fraction of sp³-hybridized carbons (Fsp3) is 0.417. The van der Waals surface area contributed by atoms with E-state index in [4.69, 9.17) is 5.11 Å². The van der Waals surface area contributed by atoms with Crippen LogP contribution in [-0.2, 0) is 4.79 Å². The van der Waals surface area contributed by atoms with E-state index in [0.29, 0.717) is 11.3 Å². The summed E-state index contributed by atoms with van der Waals surface area (Å²) in [5, 5.41) is 9.07. The monoisotopic (exact) mass is 236 g/mol. The molecule has 1 amide bonds. The van der Waals surface area contributed by atoms with E-state index < -0.39 is 11.5 Å². The number of aromatic nitrogens is 1. The van der Waals surface area contributed by atoms with Crippen LogP contribution in [0.5, 0.6) is 0 Å². The number of hydrogen-bond donors (Lipinski definition) is 1. The molecule has 5 heteroatoms. The van der Waals surface area contributed by atoms with Gasteiger partial charge in [-0.2, -0.15) is 0 Å². The van der Waals surface area contributed by atoms with Crippen LogP contribution in [0.25, 0.3) is 0 Å². The van der Waals surface area contributed by atoms with E-state index in [2.05, 4.69) is 4.98 Å². The number of carbonyl (C=O) groups is 2. The van der Waals surface area contributed by atoms with Gasteiger partial charge in [-0.25, -0.2) is 4.79 Å². The quantitative estimate of drug-likeness (QED) is 0.859. The number of rotatable bonds is 3. The van der Waals surface area contributed by atoms with E-state index >= 15 is 0 Å². The van der Waals surface area contributed by atoms with E-state index in [-0.39, 0.29) is 5.91 Å². The van der Waals surface area contributed by atoms with Crippen LogP contribution in [-0.4, -0.2) is 39.5 Å². The second-order valence-corrected chi connectivity index (χ2v) is 4.36. The Morgan fingerprint density at radius 1 is 1.41 bits per heavy atom. The highest BCUT2D eigenvalue weighted by Gasteiger charge is 2.35. The zero-order valence-corrected chi connectivity index (χ0v) is 10.4. The molecule has 0 saturated carbocycles. The third kappa shape index (κ3) is 2.43. The Hall–Kier alpha value is -1.91. The number of carboxylic acid groups (broad SMARTS) is 1. The minimum absolute atomic E-state index is 0.344. The van der Waals surface area contributed by atoms with Gasteiger partial charge >= 0.3 is 5.97 Å². The fourth-order valence-electron chi connectivity index (χ4n) is 1.29. The molecule has 1 aromatic rings. The number of carboxylic acids is 1. The van der Waals surface area contributed by atoms with Crippen LogP contribution in [0, 0.1) is 6.92 Å². The van der Waals surface area contributed by atoms with E-state index in [1.165, 1.54) is 25.8 Å². The number of nitrogens with zero attached hydrogens (tertiary/aromatic N) is 2. The zero-order chi connectivity index (χ0) is 13.2. The van der Waals surface area contributed by atoms with E-state index in [1.807, 2.05) is 0 Å². The second-order valence-electron chi connectivity index (χ2n) is 4.36. The summed E-state index contributed by atoms with van der Waals surface area (Å²) in [6, 6.07) is 3.29. The normalized spacial score (nSPS) is 11.1. The minimum Gasteiger partial charge on any atom is -0.480 e. The van der Waals surface area contributed by atoms with Crippen LogP contribution in [0.1, 0.15) is 29.9 Å². The van der Waals surface area contributed by atoms with E-state index in [9.17, 15) is 9.59 Å². The molecule has 0 aliphatic rings. The zero-order valence-electron chi connectivity index (χ0n) is 10.4. The third-order valence-electron chi connectivity index (χ3n) is 2.90. The number of hydrogen-bond acceptors (Lipinski definition) is 3. The summed E-state index contributed by atoms with van der Waals surface area (Å²) in [5.41, 5.74) is -0.241. The SMILES string of the molecule is Cc1ncccc1C(=O)N(C)C(C)(C)C(=O)O. The Morgan fingerprint density at radius 2 is 2.00 bits per heavy atom. The number of pyridine rings is 1. The highest BCUT2D eigenvalue weighted by Crippen LogP contribution is 2.17. The molecule has 0 aromatic carbocycles. The molecule has 0 atom stereocenters. The predicted octanol–water partition coefficient (Wildman–Crippen LogP) is 1.33. The van der Waals surface area contributed by atoms with Gasteiger partial charge in [0.2, 0.25) is 0 Å². The van der Waals surface area contributed by atoms with Crippen molar-refractivity contribution in [3.63, 3.8) is 0 Å². The number of aryl methyl sites for hydroxylation is 1. The molecule has 92 valence electrons. The lowest BCUT2D eigenvalue weighted by molar-refractivity contribution is -0.147. The minimum atomic E-state index is -1.25. The molecule has 1 rings (SSSR count). The Morgan fingerprint density at radius 3 is 2.47 bits per heavy atom. The van der Waals surface area contributed by atoms with E-state index in [0.717, 1.165) is 0 Å². The molecular weight excluding hydrogens is 220 g/mol. The summed E-state index contributed by atoms with van der Waals surface area (Å²) < 4.78 is 0. The second kappa shape index (κ2) is 4.53. The van der Waals surface area contributed by atoms with Crippen LogP contribution >= 0.6 is 0 Å². The molecule has 0 radical (unpaired) electrons. The van der Waals surface area contributed by atoms with Crippen molar-refractivity contribution >= 4 is 11.9 Å². The number of carbonyl (C=O) groups excluding carboxylic acids is 1. The van der Waals surface area contributed by atoms with Gasteiger partial charge in [-0.3, -0.25) is 9.78 Å². The highest BCUT2D eigenvalue weighted by molar-refractivity contribution is 5.98. The summed E-state index contributed by atoms with van der Waals surface area (Å²) >= 11 is 0. The van der Waals surface area contributed by atoms with Crippen molar-refractivity contribution in [1.82, 2.24) is 9.88 Å². The average molecular weight is 236 g/mol. The van der Waals surface area contributed by atoms with Gasteiger partial charge < -0.3 is 10.0 Å². The molecule has 0 aliphatic carbocycles. The van der Waals surface area contributed by atoms with Crippen molar-refractivity contribution in [2.45, 2.75) is 26.3 Å². The maximum absolute atomic E-state index is 12.1. The van der Waals surface area contributed by atoms with E-state index in [1.54, 1.807) is 25.3 Å². The van der Waals surface area contributed by atoms with Gasteiger partial charge in [0.25, 0.3) is 5.91 Å². The molecule has 0 aliphatic heterocycles. The molecule has 0 spiro atoms. The van der Waals surface area contributed by atoms with Gasteiger partial charge in [0, 0.05) is 18.9 Å². The molecule has 0 bridgehead atoms. The van der Waals surface area contributed by atoms with Gasteiger partial charge in [0.1, 0.15) is 5.54 Å². The molecule has 1 heterocycles. The van der Waals surface area contributed by atoms with Crippen molar-refractivity contribution in [2.24, 2.45) is 0 Å². The average Bonchev–Trinajstić information content (AvgIpc) is 2.27. The first-order valence-electron chi connectivity index (χ1n) is 5.21. The first kappa shape index (κ1) is 13.2. The predicted molar refractivity (Wildman–Crippen MR) is 62.8 cm³/mol. The Labute approximate surface area is 100 Å². The topological polar surface area (TPSA) is 70.5 Å². The highest BCUT2D eigenvalue weighted by atomic mass is 16.4. The third-order valence-corrected chi connectivity index (χ3v) is 2.90. The number of amides is 1. The van der Waals surface area contributed by atoms with Crippen LogP contribution in [0.3, 0.4) is 0 Å². The summed E-state index contributed by atoms with van der Waals surface area (Å²) in [6.07, 6.45) is 1.59. The first-order valence-corrected chi connectivity index (χ1v) is 5.21. The van der Waals surface area contributed by atoms with Crippen molar-refractivity contribution in [3.8, 4) is 0 Å². The van der Waals surface area contributed by atoms with Crippen molar-refractivity contribution in [2.75, 3.05) is 7.05 Å². The lowest BCUT2D eigenvalue weighted by Gasteiger charge is -2.31. The molecule has 5 nitrogen and oxygen atoms in total. The molecular formula is C12H16N2O3. The summed E-state index contributed by atoms with van der Waals surface area (Å²) in [6.45, 7) is 4.69. The Bertz CT molecular complexity index is 455. The van der Waals surface area contributed by atoms with Crippen molar-refractivity contribution in [1.29, 1.82) is 0 Å². The van der Waals surface area contributed by atoms with Crippen LogP contribution in [0.2, 0.25) is 0 Å². The largest absolute Gasteiger partial charge is 0.480 e. The maximum atomic E-state index is 12.1. The summed E-state index contributed by atoms with van der Waals surface area (Å²) in [4.78, 5) is 28.4. The van der Waals surface area contributed by atoms with Gasteiger partial charge in [-0.15, -0.1) is 0 Å².